The van der Waals surface area contributed by atoms with Crippen LogP contribution in [0.5, 0.6) is 0 Å². The summed E-state index contributed by atoms with van der Waals surface area (Å²) in [6, 6.07) is 0. The molecule has 0 bridgehead atoms. The maximum absolute atomic E-state index is 3.69. The van der Waals surface area contributed by atoms with Crippen molar-refractivity contribution in [3.8, 4) is 0 Å². The third-order valence-corrected chi connectivity index (χ3v) is 4.88. The molecule has 2 atom stereocenters. The predicted octanol–water partition coefficient (Wildman–Crippen LogP) is 5.40. The van der Waals surface area contributed by atoms with Gasteiger partial charge in [0.15, 0.2) is 0 Å². The van der Waals surface area contributed by atoms with Crippen LogP contribution in [-0.2, 0) is 0 Å². The van der Waals surface area contributed by atoms with E-state index in [2.05, 4.69) is 33.0 Å². The number of hydrogen-bond donors (Lipinski definition) is 1. The van der Waals surface area contributed by atoms with E-state index in [4.69, 9.17) is 0 Å². The van der Waals surface area contributed by atoms with E-state index in [9.17, 15) is 0 Å². The molecule has 0 aromatic rings. The molecule has 1 nitrogen and oxygen atoms in total. The summed E-state index contributed by atoms with van der Waals surface area (Å²) in [5.41, 5.74) is 0.469. The minimum atomic E-state index is 0.469. The minimum Gasteiger partial charge on any atom is -0.316 e. The zero-order valence-electron chi connectivity index (χ0n) is 13.9. The van der Waals surface area contributed by atoms with E-state index in [1.807, 2.05) is 0 Å². The van der Waals surface area contributed by atoms with Gasteiger partial charge in [-0.25, -0.2) is 0 Å². The molecule has 1 fully saturated rings. The van der Waals surface area contributed by atoms with Crippen molar-refractivity contribution in [1.29, 1.82) is 0 Å². The molecule has 1 N–H and O–H groups in total. The molecule has 1 saturated heterocycles. The standard InChI is InChI=1S/C18H37N/c1-5-17-12-8-6-7-10-16(2)11-9-13-19-15-18(3,4)14-17/h16-17,19H,5-15H2,1-4H3. The molecule has 1 heterocycles. The molecule has 1 aliphatic heterocycles. The van der Waals surface area contributed by atoms with Crippen LogP contribution in [0.3, 0.4) is 0 Å². The topological polar surface area (TPSA) is 12.0 Å². The molecule has 19 heavy (non-hydrogen) atoms. The van der Waals surface area contributed by atoms with Gasteiger partial charge in [-0.2, -0.15) is 0 Å². The summed E-state index contributed by atoms with van der Waals surface area (Å²) < 4.78 is 0. The van der Waals surface area contributed by atoms with Gasteiger partial charge in [-0.15, -0.1) is 0 Å². The fraction of sp³-hybridized carbons (Fsp3) is 1.00. The van der Waals surface area contributed by atoms with Crippen molar-refractivity contribution >= 4 is 0 Å². The highest BCUT2D eigenvalue weighted by Gasteiger charge is 2.22. The summed E-state index contributed by atoms with van der Waals surface area (Å²) in [4.78, 5) is 0. The molecule has 0 aromatic carbocycles. The Kier molecular flexibility index (Phi) is 8.06. The first-order valence-electron chi connectivity index (χ1n) is 8.74. The molecule has 1 aliphatic rings. The second kappa shape index (κ2) is 9.00. The molecule has 1 heteroatoms. The Hall–Kier alpha value is -0.0400. The quantitative estimate of drug-likeness (QED) is 0.671. The zero-order chi connectivity index (χ0) is 14.1. The van der Waals surface area contributed by atoms with Crippen molar-refractivity contribution < 1.29 is 0 Å². The second-order valence-corrected chi connectivity index (χ2v) is 7.70. The maximum Gasteiger partial charge on any atom is 0.000262 e. The van der Waals surface area contributed by atoms with Crippen LogP contribution < -0.4 is 5.32 Å². The van der Waals surface area contributed by atoms with Crippen LogP contribution in [0.2, 0.25) is 0 Å². The Morgan fingerprint density at radius 3 is 2.42 bits per heavy atom. The third kappa shape index (κ3) is 7.97. The van der Waals surface area contributed by atoms with Gasteiger partial charge < -0.3 is 5.32 Å². The monoisotopic (exact) mass is 267 g/mol. The largest absolute Gasteiger partial charge is 0.316 e. The highest BCUT2D eigenvalue weighted by molar-refractivity contribution is 4.76. The fourth-order valence-electron chi connectivity index (χ4n) is 3.55. The lowest BCUT2D eigenvalue weighted by Crippen LogP contribution is -2.32. The number of hydrogen-bond acceptors (Lipinski definition) is 1. The van der Waals surface area contributed by atoms with Crippen molar-refractivity contribution in [1.82, 2.24) is 5.32 Å². The molecule has 0 radical (unpaired) electrons. The zero-order valence-corrected chi connectivity index (χ0v) is 13.9. The smallest absolute Gasteiger partial charge is 0.000262 e. The molecule has 2 unspecified atom stereocenters. The van der Waals surface area contributed by atoms with Gasteiger partial charge in [-0.3, -0.25) is 0 Å². The molecule has 114 valence electrons. The van der Waals surface area contributed by atoms with Gasteiger partial charge in [0.05, 0.1) is 0 Å². The van der Waals surface area contributed by atoms with E-state index in [1.54, 1.807) is 0 Å². The molecule has 0 spiro atoms. The molecule has 1 rings (SSSR count). The van der Waals surface area contributed by atoms with E-state index >= 15 is 0 Å². The van der Waals surface area contributed by atoms with Gasteiger partial charge in [-0.1, -0.05) is 66.2 Å². The van der Waals surface area contributed by atoms with Crippen molar-refractivity contribution in [2.45, 2.75) is 85.5 Å². The van der Waals surface area contributed by atoms with Gasteiger partial charge >= 0.3 is 0 Å². The van der Waals surface area contributed by atoms with E-state index in [1.165, 1.54) is 70.9 Å². The Morgan fingerprint density at radius 2 is 1.68 bits per heavy atom. The predicted molar refractivity (Wildman–Crippen MR) is 86.5 cm³/mol. The first kappa shape index (κ1) is 17.0. The Morgan fingerprint density at radius 1 is 1.00 bits per heavy atom. The summed E-state index contributed by atoms with van der Waals surface area (Å²) in [7, 11) is 0. The summed E-state index contributed by atoms with van der Waals surface area (Å²) in [6.07, 6.45) is 12.8. The lowest BCUT2D eigenvalue weighted by molar-refractivity contribution is 0.235. The van der Waals surface area contributed by atoms with Crippen LogP contribution in [0, 0.1) is 17.3 Å². The maximum atomic E-state index is 3.69. The van der Waals surface area contributed by atoms with Crippen molar-refractivity contribution in [3.63, 3.8) is 0 Å². The normalized spacial score (nSPS) is 31.6. The molecular weight excluding hydrogens is 230 g/mol. The van der Waals surface area contributed by atoms with E-state index in [0.717, 1.165) is 11.8 Å². The third-order valence-electron chi connectivity index (χ3n) is 4.88. The molecule has 0 aliphatic carbocycles. The van der Waals surface area contributed by atoms with Gasteiger partial charge in [-0.05, 0) is 43.1 Å². The first-order valence-corrected chi connectivity index (χ1v) is 8.74. The van der Waals surface area contributed by atoms with Crippen LogP contribution in [0.1, 0.15) is 85.5 Å². The first-order chi connectivity index (χ1) is 9.03. The van der Waals surface area contributed by atoms with Crippen molar-refractivity contribution in [2.24, 2.45) is 17.3 Å². The fourth-order valence-corrected chi connectivity index (χ4v) is 3.55. The molecule has 0 aromatic heterocycles. The summed E-state index contributed by atoms with van der Waals surface area (Å²) >= 11 is 0. The Bertz CT molecular complexity index is 222. The van der Waals surface area contributed by atoms with E-state index < -0.39 is 0 Å². The van der Waals surface area contributed by atoms with Crippen LogP contribution in [0.15, 0.2) is 0 Å². The SMILES string of the molecule is CCC1CCCCCC(C)CCCNCC(C)(C)C1. The van der Waals surface area contributed by atoms with Gasteiger partial charge in [0.25, 0.3) is 0 Å². The summed E-state index contributed by atoms with van der Waals surface area (Å²) in [6.45, 7) is 12.1. The van der Waals surface area contributed by atoms with Crippen molar-refractivity contribution in [2.75, 3.05) is 13.1 Å². The molecular formula is C18H37N. The lowest BCUT2D eigenvalue weighted by atomic mass is 9.79. The number of nitrogens with one attached hydrogen (secondary N) is 1. The number of rotatable bonds is 1. The van der Waals surface area contributed by atoms with Gasteiger partial charge in [0.2, 0.25) is 0 Å². The van der Waals surface area contributed by atoms with E-state index in [-0.39, 0.29) is 0 Å². The van der Waals surface area contributed by atoms with Crippen LogP contribution in [0.25, 0.3) is 0 Å². The van der Waals surface area contributed by atoms with E-state index in [0.29, 0.717) is 5.41 Å². The molecule has 0 saturated carbocycles. The molecule has 0 amide bonds. The minimum absolute atomic E-state index is 0.469. The van der Waals surface area contributed by atoms with Crippen LogP contribution in [0.4, 0.5) is 0 Å². The Balaban J connectivity index is 2.45. The van der Waals surface area contributed by atoms with Gasteiger partial charge in [0.1, 0.15) is 0 Å². The average molecular weight is 268 g/mol. The van der Waals surface area contributed by atoms with Gasteiger partial charge in [0, 0.05) is 6.54 Å². The highest BCUT2D eigenvalue weighted by atomic mass is 14.9. The van der Waals surface area contributed by atoms with Crippen LogP contribution >= 0.6 is 0 Å². The highest BCUT2D eigenvalue weighted by Crippen LogP contribution is 2.30. The van der Waals surface area contributed by atoms with Crippen molar-refractivity contribution in [3.05, 3.63) is 0 Å². The second-order valence-electron chi connectivity index (χ2n) is 7.70. The lowest BCUT2D eigenvalue weighted by Gasteiger charge is -2.30. The van der Waals surface area contributed by atoms with Crippen LogP contribution in [-0.4, -0.2) is 13.1 Å². The Labute approximate surface area is 121 Å². The summed E-state index contributed by atoms with van der Waals surface area (Å²) in [5, 5.41) is 3.69. The average Bonchev–Trinajstić information content (AvgIpc) is 2.35. The summed E-state index contributed by atoms with van der Waals surface area (Å²) in [5.74, 6) is 1.87.